The third kappa shape index (κ3) is 111. The molecule has 0 atom stereocenters. The minimum atomic E-state index is -0.361. The number of amides is 1. The molecule has 23 heavy (non-hydrogen) atoms. The number of alkyl halides is 2. The van der Waals surface area contributed by atoms with Gasteiger partial charge in [0.15, 0.2) is 0 Å². The molecule has 0 saturated carbocycles. The lowest BCUT2D eigenvalue weighted by Crippen LogP contribution is -2.27. The second-order valence-electron chi connectivity index (χ2n) is 9.11. The summed E-state index contributed by atoms with van der Waals surface area (Å²) in [6, 6.07) is 2.10. The molecular weight excluding hydrogens is 376 g/mol. The van der Waals surface area contributed by atoms with Crippen molar-refractivity contribution in [3.05, 3.63) is 0 Å². The average molecular weight is 414 g/mol. The second kappa shape index (κ2) is 12.1. The molecule has 0 spiro atoms. The Morgan fingerprint density at radius 3 is 1.00 bits per heavy atom. The van der Waals surface area contributed by atoms with Crippen LogP contribution in [0.15, 0.2) is 0 Å². The molecule has 3 nitrogen and oxygen atoms in total. The average Bonchev–Trinajstić information content (AvgIpc) is 2.10. The Hall–Kier alpha value is -0.270. The first-order valence-electron chi connectivity index (χ1n) is 7.59. The third-order valence-corrected chi connectivity index (χ3v) is 1.07. The summed E-state index contributed by atoms with van der Waals surface area (Å²) in [4.78, 5) is 10.2. The number of nitrogens with two attached hydrogens (primary N) is 1. The summed E-state index contributed by atoms with van der Waals surface area (Å²) in [6.07, 6.45) is 0. The molecule has 5 heteroatoms. The van der Waals surface area contributed by atoms with Crippen LogP contribution in [0.5, 0.6) is 0 Å². The van der Waals surface area contributed by atoms with Crippen molar-refractivity contribution in [1.82, 2.24) is 0 Å². The Morgan fingerprint density at radius 1 is 0.913 bits per heavy atom. The van der Waals surface area contributed by atoms with E-state index >= 15 is 0 Å². The Morgan fingerprint density at radius 2 is 1.00 bits per heavy atom. The SMILES string of the molecule is CC(C)(C)Br.CC(C)(C)C#N.CC(C)(C)C(N)=O.CC(C)(C)Cl. The molecule has 0 aromatic heterocycles. The highest BCUT2D eigenvalue weighted by atomic mass is 79.9. The molecule has 0 unspecified atom stereocenters. The summed E-state index contributed by atoms with van der Waals surface area (Å²) < 4.78 is 0.312. The van der Waals surface area contributed by atoms with Gasteiger partial charge in [-0.05, 0) is 41.5 Å². The highest BCUT2D eigenvalue weighted by molar-refractivity contribution is 9.10. The van der Waals surface area contributed by atoms with Crippen molar-refractivity contribution in [1.29, 1.82) is 5.26 Å². The van der Waals surface area contributed by atoms with Gasteiger partial charge in [0.25, 0.3) is 0 Å². The van der Waals surface area contributed by atoms with Crippen LogP contribution in [0.3, 0.4) is 0 Å². The minimum Gasteiger partial charge on any atom is -0.369 e. The molecule has 0 aliphatic rings. The van der Waals surface area contributed by atoms with E-state index in [9.17, 15) is 4.79 Å². The van der Waals surface area contributed by atoms with E-state index in [1.807, 2.05) is 41.5 Å². The van der Waals surface area contributed by atoms with E-state index in [-0.39, 0.29) is 21.6 Å². The maximum absolute atomic E-state index is 10.2. The fourth-order valence-electron chi connectivity index (χ4n) is 0. The van der Waals surface area contributed by atoms with Gasteiger partial charge in [-0.2, -0.15) is 5.26 Å². The molecular formula is C18H38BrClN2O. The van der Waals surface area contributed by atoms with E-state index < -0.39 is 0 Å². The fourth-order valence-corrected chi connectivity index (χ4v) is 0. The molecule has 2 N–H and O–H groups in total. The normalized spacial score (nSPS) is 11.3. The van der Waals surface area contributed by atoms with Gasteiger partial charge in [-0.25, -0.2) is 0 Å². The quantitative estimate of drug-likeness (QED) is 0.475. The molecule has 0 saturated heterocycles. The second-order valence-corrected chi connectivity index (χ2v) is 12.6. The van der Waals surface area contributed by atoms with Crippen LogP contribution < -0.4 is 5.73 Å². The summed E-state index contributed by atoms with van der Waals surface area (Å²) in [5, 5.41) is 8.15. The van der Waals surface area contributed by atoms with Crippen LogP contribution in [-0.2, 0) is 4.79 Å². The van der Waals surface area contributed by atoms with Crippen molar-refractivity contribution in [2.45, 2.75) is 92.3 Å². The summed E-state index contributed by atoms with van der Waals surface area (Å²) in [7, 11) is 0. The largest absolute Gasteiger partial charge is 0.369 e. The summed E-state index contributed by atoms with van der Waals surface area (Å²) in [6.45, 7) is 23.2. The van der Waals surface area contributed by atoms with Crippen molar-refractivity contribution in [3.8, 4) is 6.07 Å². The van der Waals surface area contributed by atoms with Crippen LogP contribution >= 0.6 is 27.5 Å². The molecule has 0 aliphatic heterocycles. The van der Waals surface area contributed by atoms with E-state index in [0.29, 0.717) is 4.32 Å². The van der Waals surface area contributed by atoms with Crippen LogP contribution in [0.4, 0.5) is 0 Å². The lowest BCUT2D eigenvalue weighted by atomic mass is 9.96. The van der Waals surface area contributed by atoms with Gasteiger partial charge in [0.05, 0.1) is 6.07 Å². The fraction of sp³-hybridized carbons (Fsp3) is 0.889. The maximum atomic E-state index is 10.2. The molecule has 0 rings (SSSR count). The van der Waals surface area contributed by atoms with E-state index in [1.54, 1.807) is 20.8 Å². The van der Waals surface area contributed by atoms with Crippen LogP contribution in [0.25, 0.3) is 0 Å². The molecule has 0 radical (unpaired) electrons. The van der Waals surface area contributed by atoms with Crippen LogP contribution in [0, 0.1) is 22.2 Å². The molecule has 0 aromatic carbocycles. The van der Waals surface area contributed by atoms with Crippen molar-refractivity contribution in [3.63, 3.8) is 0 Å². The summed E-state index contributed by atoms with van der Waals surface area (Å²) >= 11 is 8.91. The first kappa shape index (κ1) is 30.6. The molecule has 140 valence electrons. The number of hydrogen-bond acceptors (Lipinski definition) is 2. The number of rotatable bonds is 0. The van der Waals surface area contributed by atoms with Crippen LogP contribution in [-0.4, -0.2) is 15.1 Å². The lowest BCUT2D eigenvalue weighted by Gasteiger charge is -2.10. The predicted octanol–water partition coefficient (Wildman–Crippen LogP) is 6.28. The Balaban J connectivity index is -0.000000106. The van der Waals surface area contributed by atoms with E-state index in [0.717, 1.165) is 0 Å². The number of carbonyl (C=O) groups is 1. The molecule has 0 heterocycles. The number of primary amides is 1. The van der Waals surface area contributed by atoms with Crippen molar-refractivity contribution in [2.75, 3.05) is 0 Å². The number of hydrogen-bond donors (Lipinski definition) is 1. The van der Waals surface area contributed by atoms with E-state index in [1.165, 1.54) is 0 Å². The van der Waals surface area contributed by atoms with Gasteiger partial charge < -0.3 is 5.73 Å². The van der Waals surface area contributed by atoms with Crippen LogP contribution in [0.1, 0.15) is 83.1 Å². The topological polar surface area (TPSA) is 66.9 Å². The Kier molecular flexibility index (Phi) is 16.2. The summed E-state index contributed by atoms with van der Waals surface area (Å²) in [5.41, 5.74) is 4.42. The zero-order valence-electron chi connectivity index (χ0n) is 17.2. The van der Waals surface area contributed by atoms with Gasteiger partial charge in [-0.1, -0.05) is 57.5 Å². The molecule has 0 aliphatic carbocycles. The molecule has 0 fully saturated rings. The first-order valence-corrected chi connectivity index (χ1v) is 8.77. The zero-order valence-corrected chi connectivity index (χ0v) is 19.5. The molecule has 0 aromatic rings. The van der Waals surface area contributed by atoms with Crippen molar-refractivity contribution < 1.29 is 4.79 Å². The van der Waals surface area contributed by atoms with E-state index in [4.69, 9.17) is 22.6 Å². The maximum Gasteiger partial charge on any atom is 0.222 e. The van der Waals surface area contributed by atoms with Crippen molar-refractivity contribution in [2.24, 2.45) is 16.6 Å². The minimum absolute atomic E-state index is 0.0278. The van der Waals surface area contributed by atoms with E-state index in [2.05, 4.69) is 42.8 Å². The van der Waals surface area contributed by atoms with Crippen molar-refractivity contribution >= 4 is 33.4 Å². The predicted molar refractivity (Wildman–Crippen MR) is 108 cm³/mol. The Bertz CT molecular complexity index is 324. The van der Waals surface area contributed by atoms with Gasteiger partial charge in [0, 0.05) is 20.0 Å². The standard InChI is InChI=1S/C5H11NO.C5H9N.C4H9Br.C4H9Cl/c1-5(2,3)4(6)7;1-5(2,3)4-6;2*1-4(2,3)5/h1-3H3,(H2,6,7);1-3H3;2*1-3H3. The first-order chi connectivity index (χ1) is 9.50. The highest BCUT2D eigenvalue weighted by Crippen LogP contribution is 2.12. The van der Waals surface area contributed by atoms with Gasteiger partial charge in [-0.15, -0.1) is 11.6 Å². The summed E-state index contributed by atoms with van der Waals surface area (Å²) in [5.74, 6) is -0.257. The van der Waals surface area contributed by atoms with Gasteiger partial charge in [0.2, 0.25) is 5.91 Å². The van der Waals surface area contributed by atoms with Gasteiger partial charge >= 0.3 is 0 Å². The third-order valence-electron chi connectivity index (χ3n) is 1.07. The zero-order chi connectivity index (χ0) is 20.3. The number of nitriles is 1. The monoisotopic (exact) mass is 412 g/mol. The Labute approximate surface area is 158 Å². The number of carbonyl (C=O) groups excluding carboxylic acids is 1. The molecule has 1 amide bonds. The number of nitrogens with zero attached hydrogens (tertiary/aromatic N) is 1. The number of halogens is 2. The lowest BCUT2D eigenvalue weighted by molar-refractivity contribution is -0.125. The van der Waals surface area contributed by atoms with Crippen LogP contribution in [0.2, 0.25) is 0 Å². The highest BCUT2D eigenvalue weighted by Gasteiger charge is 2.16. The smallest absolute Gasteiger partial charge is 0.222 e. The molecule has 0 bridgehead atoms. The van der Waals surface area contributed by atoms with Gasteiger partial charge in [-0.3, -0.25) is 4.79 Å². The van der Waals surface area contributed by atoms with Gasteiger partial charge in [0.1, 0.15) is 0 Å².